The van der Waals surface area contributed by atoms with Crippen molar-refractivity contribution in [2.75, 3.05) is 39.4 Å². The first-order valence-electron chi connectivity index (χ1n) is 10.1. The number of guanidine groups is 1. The second-order valence-corrected chi connectivity index (χ2v) is 8.96. The fourth-order valence-corrected chi connectivity index (χ4v) is 4.03. The summed E-state index contributed by atoms with van der Waals surface area (Å²) in [5.41, 5.74) is 1.66. The minimum Gasteiger partial charge on any atom is -0.381 e. The van der Waals surface area contributed by atoms with Crippen LogP contribution in [0.3, 0.4) is 0 Å². The van der Waals surface area contributed by atoms with Gasteiger partial charge in [-0.05, 0) is 63.1 Å². The van der Waals surface area contributed by atoms with Crippen LogP contribution in [0, 0.1) is 19.8 Å². The third kappa shape index (κ3) is 10.1. The Bertz CT molecular complexity index is 752. The van der Waals surface area contributed by atoms with Gasteiger partial charge in [0.1, 0.15) is 0 Å². The van der Waals surface area contributed by atoms with Crippen LogP contribution in [0.25, 0.3) is 0 Å². The van der Waals surface area contributed by atoms with Gasteiger partial charge >= 0.3 is 0 Å². The largest absolute Gasteiger partial charge is 0.381 e. The molecule has 7 nitrogen and oxygen atoms in total. The van der Waals surface area contributed by atoms with Crippen molar-refractivity contribution in [3.05, 3.63) is 29.3 Å². The number of aliphatic imine (C=N–C) groups is 1. The van der Waals surface area contributed by atoms with Crippen molar-refractivity contribution in [1.29, 1.82) is 0 Å². The van der Waals surface area contributed by atoms with Gasteiger partial charge in [0.25, 0.3) is 0 Å². The molecule has 0 radical (unpaired) electrons. The lowest BCUT2D eigenvalue weighted by molar-refractivity contribution is 0.123. The number of sulfonamides is 1. The Kier molecular flexibility index (Phi) is 12.1. The zero-order chi connectivity index (χ0) is 20.4. The zero-order valence-electron chi connectivity index (χ0n) is 17.7. The van der Waals surface area contributed by atoms with Gasteiger partial charge in [0.15, 0.2) is 5.96 Å². The zero-order valence-corrected chi connectivity index (χ0v) is 20.8. The number of nitrogens with one attached hydrogen (secondary N) is 3. The molecule has 0 heterocycles. The van der Waals surface area contributed by atoms with Crippen molar-refractivity contribution < 1.29 is 13.2 Å². The highest BCUT2D eigenvalue weighted by Gasteiger charge is 2.20. The number of nitrogens with zero attached hydrogens (tertiary/aromatic N) is 1. The number of hydrogen-bond acceptors (Lipinski definition) is 4. The van der Waals surface area contributed by atoms with Gasteiger partial charge in [-0.25, -0.2) is 13.1 Å². The molecule has 1 saturated carbocycles. The maximum Gasteiger partial charge on any atom is 0.240 e. The van der Waals surface area contributed by atoms with Crippen molar-refractivity contribution in [2.45, 2.75) is 44.9 Å². The molecule has 0 unspecified atom stereocenters. The van der Waals surface area contributed by atoms with E-state index >= 15 is 0 Å². The van der Waals surface area contributed by atoms with Crippen molar-refractivity contribution in [3.63, 3.8) is 0 Å². The van der Waals surface area contributed by atoms with Crippen LogP contribution in [0.15, 0.2) is 28.1 Å². The minimum atomic E-state index is -3.52. The number of hydrogen-bond donors (Lipinski definition) is 3. The van der Waals surface area contributed by atoms with Crippen LogP contribution in [0.4, 0.5) is 0 Å². The summed E-state index contributed by atoms with van der Waals surface area (Å²) < 4.78 is 33.3. The lowest BCUT2D eigenvalue weighted by atomic mass is 10.2. The molecule has 0 atom stereocenters. The lowest BCUT2D eigenvalue weighted by Gasteiger charge is -2.13. The van der Waals surface area contributed by atoms with Gasteiger partial charge in [-0.15, -0.1) is 24.0 Å². The predicted octanol–water partition coefficient (Wildman–Crippen LogP) is 2.57. The number of rotatable bonds is 12. The second-order valence-electron chi connectivity index (χ2n) is 7.23. The summed E-state index contributed by atoms with van der Waals surface area (Å²) >= 11 is 0. The molecule has 1 aromatic rings. The molecule has 0 aliphatic heterocycles. The van der Waals surface area contributed by atoms with E-state index in [0.29, 0.717) is 23.9 Å². The summed E-state index contributed by atoms with van der Waals surface area (Å²) in [6.07, 6.45) is 3.49. The fraction of sp³-hybridized carbons (Fsp3) is 0.650. The van der Waals surface area contributed by atoms with E-state index in [-0.39, 0.29) is 30.5 Å². The minimum absolute atomic E-state index is 0. The molecule has 1 fully saturated rings. The number of benzene rings is 1. The van der Waals surface area contributed by atoms with E-state index in [1.165, 1.54) is 12.8 Å². The van der Waals surface area contributed by atoms with Crippen LogP contribution in [-0.2, 0) is 14.8 Å². The lowest BCUT2D eigenvalue weighted by Crippen LogP contribution is -2.41. The molecule has 0 aromatic heterocycles. The Morgan fingerprint density at radius 3 is 2.66 bits per heavy atom. The van der Waals surface area contributed by atoms with Gasteiger partial charge in [-0.1, -0.05) is 12.1 Å². The predicted molar refractivity (Wildman–Crippen MR) is 129 cm³/mol. The summed E-state index contributed by atoms with van der Waals surface area (Å²) in [7, 11) is -3.52. The molecule has 3 N–H and O–H groups in total. The van der Waals surface area contributed by atoms with E-state index in [9.17, 15) is 8.42 Å². The highest BCUT2D eigenvalue weighted by Crippen LogP contribution is 2.28. The molecular weight excluding hydrogens is 503 g/mol. The molecule has 1 aliphatic carbocycles. The molecule has 0 bridgehead atoms. The van der Waals surface area contributed by atoms with Crippen LogP contribution < -0.4 is 15.4 Å². The van der Waals surface area contributed by atoms with E-state index in [1.54, 1.807) is 13.0 Å². The number of aryl methyl sites for hydroxylation is 2. The van der Waals surface area contributed by atoms with Gasteiger partial charge in [0, 0.05) is 39.4 Å². The molecule has 9 heteroatoms. The molecule has 0 saturated heterocycles. The van der Waals surface area contributed by atoms with Gasteiger partial charge < -0.3 is 15.4 Å². The molecule has 29 heavy (non-hydrogen) atoms. The highest BCUT2D eigenvalue weighted by molar-refractivity contribution is 14.0. The molecular formula is C20H35IN4O3S. The molecule has 166 valence electrons. The molecule has 1 aromatic carbocycles. The van der Waals surface area contributed by atoms with Gasteiger partial charge in [0.2, 0.25) is 10.0 Å². The summed E-state index contributed by atoms with van der Waals surface area (Å²) in [5, 5.41) is 6.33. The van der Waals surface area contributed by atoms with Gasteiger partial charge in [0.05, 0.1) is 4.90 Å². The van der Waals surface area contributed by atoms with E-state index in [1.807, 2.05) is 26.0 Å². The maximum atomic E-state index is 12.5. The van der Waals surface area contributed by atoms with Crippen molar-refractivity contribution in [2.24, 2.45) is 10.9 Å². The van der Waals surface area contributed by atoms with Gasteiger partial charge in [-0.3, -0.25) is 4.99 Å². The Hall–Kier alpha value is -0.910. The van der Waals surface area contributed by atoms with Crippen molar-refractivity contribution in [3.8, 4) is 0 Å². The van der Waals surface area contributed by atoms with E-state index in [0.717, 1.165) is 43.2 Å². The van der Waals surface area contributed by atoms with Crippen molar-refractivity contribution in [1.82, 2.24) is 15.4 Å². The molecule has 1 aliphatic rings. The standard InChI is InChI=1S/C20H34N4O3S.HI/c1-4-21-20(22-10-5-13-27-15-18-8-9-18)23-11-12-24-28(25,26)19-14-16(2)6-7-17(19)3;/h6-7,14,18,24H,4-5,8-13,15H2,1-3H3,(H2,21,22,23);1H. The van der Waals surface area contributed by atoms with Crippen LogP contribution in [0.1, 0.15) is 37.3 Å². The maximum absolute atomic E-state index is 12.5. The Morgan fingerprint density at radius 2 is 1.97 bits per heavy atom. The average Bonchev–Trinajstić information content (AvgIpc) is 3.47. The van der Waals surface area contributed by atoms with E-state index < -0.39 is 10.0 Å². The Balaban J connectivity index is 0.00000420. The quantitative estimate of drug-likeness (QED) is 0.165. The summed E-state index contributed by atoms with van der Waals surface area (Å²) in [6, 6.07) is 5.43. The average molecular weight is 538 g/mol. The van der Waals surface area contributed by atoms with Crippen LogP contribution in [-0.4, -0.2) is 53.8 Å². The normalized spacial score (nSPS) is 14.4. The number of ether oxygens (including phenoxy) is 1. The first-order chi connectivity index (χ1) is 13.4. The summed E-state index contributed by atoms with van der Waals surface area (Å²) in [5.74, 6) is 1.48. The molecule has 0 spiro atoms. The topological polar surface area (TPSA) is 91.8 Å². The SMILES string of the molecule is CCNC(=NCCCOCC1CC1)NCCNS(=O)(=O)c1cc(C)ccc1C.I. The second kappa shape index (κ2) is 13.4. The van der Waals surface area contributed by atoms with Crippen molar-refractivity contribution >= 4 is 40.0 Å². The van der Waals surface area contributed by atoms with E-state index in [4.69, 9.17) is 4.74 Å². The number of halogens is 1. The van der Waals surface area contributed by atoms with Crippen LogP contribution >= 0.6 is 24.0 Å². The Morgan fingerprint density at radius 1 is 1.21 bits per heavy atom. The van der Waals surface area contributed by atoms with Crippen LogP contribution in [0.2, 0.25) is 0 Å². The summed E-state index contributed by atoms with van der Waals surface area (Å²) in [4.78, 5) is 4.83. The molecule has 0 amide bonds. The summed E-state index contributed by atoms with van der Waals surface area (Å²) in [6.45, 7) is 9.45. The van der Waals surface area contributed by atoms with E-state index in [2.05, 4.69) is 20.3 Å². The smallest absolute Gasteiger partial charge is 0.240 e. The third-order valence-electron chi connectivity index (χ3n) is 4.45. The van der Waals surface area contributed by atoms with Gasteiger partial charge in [-0.2, -0.15) is 0 Å². The monoisotopic (exact) mass is 538 g/mol. The fourth-order valence-electron chi connectivity index (χ4n) is 2.67. The first-order valence-corrected chi connectivity index (χ1v) is 11.6. The van der Waals surface area contributed by atoms with Crippen LogP contribution in [0.5, 0.6) is 0 Å². The highest BCUT2D eigenvalue weighted by atomic mass is 127. The Labute approximate surface area is 192 Å². The third-order valence-corrected chi connectivity index (χ3v) is 6.06. The molecule has 2 rings (SSSR count). The first kappa shape index (κ1) is 26.1.